The lowest BCUT2D eigenvalue weighted by atomic mass is 10.1. The van der Waals surface area contributed by atoms with Crippen LogP contribution < -0.4 is 19.1 Å². The number of hydrogen-bond donors (Lipinski definition) is 1. The lowest BCUT2D eigenvalue weighted by molar-refractivity contribution is -0.140. The normalized spacial score (nSPS) is 14.1. The number of carbonyl (C=O) groups excluding carboxylic acids is 2. The van der Waals surface area contributed by atoms with Crippen LogP contribution in [0.5, 0.6) is 11.5 Å². The first kappa shape index (κ1) is 28.6. The van der Waals surface area contributed by atoms with Gasteiger partial charge in [0.1, 0.15) is 6.04 Å². The van der Waals surface area contributed by atoms with E-state index in [1.807, 2.05) is 19.9 Å². The van der Waals surface area contributed by atoms with E-state index in [0.717, 1.165) is 18.2 Å². The van der Waals surface area contributed by atoms with Crippen LogP contribution in [-0.4, -0.2) is 56.8 Å². The molecule has 0 spiro atoms. The Hall–Kier alpha value is -2.98. The van der Waals surface area contributed by atoms with Crippen LogP contribution in [0.25, 0.3) is 0 Å². The predicted octanol–water partition coefficient (Wildman–Crippen LogP) is 3.95. The minimum atomic E-state index is -3.62. The summed E-state index contributed by atoms with van der Waals surface area (Å²) in [6.45, 7) is 5.93. The van der Waals surface area contributed by atoms with Gasteiger partial charge in [0.05, 0.1) is 11.9 Å². The number of nitrogens with one attached hydrogen (secondary N) is 1. The van der Waals surface area contributed by atoms with E-state index in [-0.39, 0.29) is 50.6 Å². The van der Waals surface area contributed by atoms with Crippen LogP contribution in [0.3, 0.4) is 0 Å². The van der Waals surface area contributed by atoms with Crippen molar-refractivity contribution in [3.63, 3.8) is 0 Å². The van der Waals surface area contributed by atoms with Crippen molar-refractivity contribution in [2.75, 3.05) is 23.9 Å². The smallest absolute Gasteiger partial charge is 0.242 e. The second kappa shape index (κ2) is 12.5. The van der Waals surface area contributed by atoms with Crippen molar-refractivity contribution >= 4 is 39.1 Å². The van der Waals surface area contributed by atoms with Crippen LogP contribution in [0.2, 0.25) is 5.02 Å². The Kier molecular flexibility index (Phi) is 9.67. The third kappa shape index (κ3) is 7.75. The molecule has 2 amide bonds. The summed E-state index contributed by atoms with van der Waals surface area (Å²) < 4.78 is 37.0. The molecule has 1 heterocycles. The molecule has 11 heteroatoms. The van der Waals surface area contributed by atoms with Gasteiger partial charge in [0.25, 0.3) is 0 Å². The molecule has 0 fully saturated rings. The summed E-state index contributed by atoms with van der Waals surface area (Å²) in [5.74, 6) is 0.513. The highest BCUT2D eigenvalue weighted by molar-refractivity contribution is 7.92. The zero-order chi connectivity index (χ0) is 27.2. The van der Waals surface area contributed by atoms with Crippen molar-refractivity contribution in [2.45, 2.75) is 58.7 Å². The van der Waals surface area contributed by atoms with Gasteiger partial charge in [0.15, 0.2) is 11.5 Å². The van der Waals surface area contributed by atoms with E-state index in [1.165, 1.54) is 9.21 Å². The summed E-state index contributed by atoms with van der Waals surface area (Å²) in [7, 11) is -3.62. The number of anilines is 1. The van der Waals surface area contributed by atoms with E-state index in [0.29, 0.717) is 22.2 Å². The minimum Gasteiger partial charge on any atom is -0.454 e. The fourth-order valence-electron chi connectivity index (χ4n) is 3.92. The van der Waals surface area contributed by atoms with Gasteiger partial charge in [0.2, 0.25) is 28.6 Å². The fourth-order valence-corrected chi connectivity index (χ4v) is 5.09. The number of rotatable bonds is 12. The van der Waals surface area contributed by atoms with Crippen molar-refractivity contribution in [1.29, 1.82) is 0 Å². The summed E-state index contributed by atoms with van der Waals surface area (Å²) in [5.41, 5.74) is 1.22. The molecular weight excluding hydrogens is 518 g/mol. The van der Waals surface area contributed by atoms with Gasteiger partial charge in [0, 0.05) is 36.6 Å². The maximum atomic E-state index is 13.4. The number of benzene rings is 2. The predicted molar refractivity (Wildman–Crippen MR) is 143 cm³/mol. The number of halogens is 1. The van der Waals surface area contributed by atoms with Gasteiger partial charge in [-0.3, -0.25) is 13.9 Å². The topological polar surface area (TPSA) is 105 Å². The molecule has 2 aromatic rings. The first-order chi connectivity index (χ1) is 17.5. The Balaban J connectivity index is 1.73. The molecule has 1 aliphatic heterocycles. The van der Waals surface area contributed by atoms with Crippen LogP contribution in [0.1, 0.15) is 45.6 Å². The largest absolute Gasteiger partial charge is 0.454 e. The van der Waals surface area contributed by atoms with Crippen LogP contribution >= 0.6 is 11.6 Å². The molecule has 1 aliphatic rings. The van der Waals surface area contributed by atoms with Crippen molar-refractivity contribution in [2.24, 2.45) is 0 Å². The van der Waals surface area contributed by atoms with Crippen molar-refractivity contribution in [3.8, 4) is 11.5 Å². The number of amides is 2. The molecule has 2 aromatic carbocycles. The van der Waals surface area contributed by atoms with E-state index >= 15 is 0 Å². The molecule has 0 radical (unpaired) electrons. The summed E-state index contributed by atoms with van der Waals surface area (Å²) >= 11 is 6.13. The van der Waals surface area contributed by atoms with Gasteiger partial charge in [-0.25, -0.2) is 8.42 Å². The summed E-state index contributed by atoms with van der Waals surface area (Å²) in [4.78, 5) is 27.7. The number of hydrogen-bond acceptors (Lipinski definition) is 6. The van der Waals surface area contributed by atoms with Gasteiger partial charge < -0.3 is 19.7 Å². The van der Waals surface area contributed by atoms with Crippen molar-refractivity contribution < 1.29 is 27.5 Å². The van der Waals surface area contributed by atoms with Gasteiger partial charge >= 0.3 is 0 Å². The van der Waals surface area contributed by atoms with E-state index in [1.54, 1.807) is 43.3 Å². The molecule has 0 aliphatic carbocycles. The summed E-state index contributed by atoms with van der Waals surface area (Å²) in [6, 6.07) is 11.3. The zero-order valence-electron chi connectivity index (χ0n) is 21.6. The fraction of sp³-hybridized carbons (Fsp3) is 0.462. The van der Waals surface area contributed by atoms with E-state index < -0.39 is 16.1 Å². The van der Waals surface area contributed by atoms with Crippen LogP contribution in [-0.2, 0) is 26.2 Å². The van der Waals surface area contributed by atoms with E-state index in [2.05, 4.69) is 5.32 Å². The highest BCUT2D eigenvalue weighted by Gasteiger charge is 2.27. The summed E-state index contributed by atoms with van der Waals surface area (Å²) in [5, 5.41) is 3.47. The lowest BCUT2D eigenvalue weighted by Gasteiger charge is -2.30. The molecule has 0 aromatic heterocycles. The Morgan fingerprint density at radius 2 is 1.84 bits per heavy atom. The molecule has 0 saturated heterocycles. The average Bonchev–Trinajstić information content (AvgIpc) is 3.31. The second-order valence-electron chi connectivity index (χ2n) is 9.12. The quantitative estimate of drug-likeness (QED) is 0.428. The van der Waals surface area contributed by atoms with Gasteiger partial charge in [-0.1, -0.05) is 30.7 Å². The van der Waals surface area contributed by atoms with Crippen molar-refractivity contribution in [1.82, 2.24) is 10.2 Å². The number of ether oxygens (including phenoxy) is 2. The number of fused-ring (bicyclic) bond motifs is 1. The third-order valence-corrected chi connectivity index (χ3v) is 7.64. The molecule has 1 N–H and O–H groups in total. The molecule has 37 heavy (non-hydrogen) atoms. The third-order valence-electron chi connectivity index (χ3n) is 6.21. The monoisotopic (exact) mass is 551 g/mol. The number of carbonyl (C=O) groups is 2. The first-order valence-corrected chi connectivity index (χ1v) is 14.4. The van der Waals surface area contributed by atoms with E-state index in [4.69, 9.17) is 21.1 Å². The summed E-state index contributed by atoms with van der Waals surface area (Å²) in [6.07, 6.45) is 2.19. The minimum absolute atomic E-state index is 0.0249. The zero-order valence-corrected chi connectivity index (χ0v) is 23.1. The molecule has 3 rings (SSSR count). The molecule has 0 unspecified atom stereocenters. The van der Waals surface area contributed by atoms with Crippen molar-refractivity contribution in [3.05, 3.63) is 53.1 Å². The maximum Gasteiger partial charge on any atom is 0.242 e. The molecule has 0 bridgehead atoms. The Labute approximate surface area is 223 Å². The highest BCUT2D eigenvalue weighted by Crippen LogP contribution is 2.36. The number of sulfonamides is 1. The number of nitrogens with zero attached hydrogens (tertiary/aromatic N) is 2. The SMILES string of the molecule is CC[C@@H](C)NC(=O)[C@H](C)N(Cc1cccc(Cl)c1)C(=O)CCCN(c1ccc2c(c1)OCO2)S(C)(=O)=O. The van der Waals surface area contributed by atoms with Gasteiger partial charge in [-0.2, -0.15) is 0 Å². The second-order valence-corrected chi connectivity index (χ2v) is 11.5. The Morgan fingerprint density at radius 1 is 1.11 bits per heavy atom. The molecule has 9 nitrogen and oxygen atoms in total. The van der Waals surface area contributed by atoms with Gasteiger partial charge in [-0.15, -0.1) is 0 Å². The first-order valence-electron chi connectivity index (χ1n) is 12.2. The van der Waals surface area contributed by atoms with Crippen LogP contribution in [0.15, 0.2) is 42.5 Å². The Morgan fingerprint density at radius 3 is 2.51 bits per heavy atom. The maximum absolute atomic E-state index is 13.4. The highest BCUT2D eigenvalue weighted by atomic mass is 35.5. The molecular formula is C26H34ClN3O6S. The molecule has 202 valence electrons. The lowest BCUT2D eigenvalue weighted by Crippen LogP contribution is -2.49. The van der Waals surface area contributed by atoms with Crippen LogP contribution in [0, 0.1) is 0 Å². The Bertz CT molecular complexity index is 1220. The standard InChI is InChI=1S/C26H34ClN3O6S/c1-5-18(2)28-26(32)19(3)29(16-20-8-6-9-21(27)14-20)25(31)10-7-13-30(37(4,33)34)22-11-12-23-24(15-22)36-17-35-23/h6,8-9,11-12,14-15,18-19H,5,7,10,13,16-17H2,1-4H3,(H,28,32)/t18-,19+/m1/s1. The van der Waals surface area contributed by atoms with E-state index in [9.17, 15) is 18.0 Å². The van der Waals surface area contributed by atoms with Crippen LogP contribution in [0.4, 0.5) is 5.69 Å². The average molecular weight is 552 g/mol. The molecule has 0 saturated carbocycles. The molecule has 2 atom stereocenters. The van der Waals surface area contributed by atoms with Gasteiger partial charge in [-0.05, 0) is 56.5 Å².